The van der Waals surface area contributed by atoms with Gasteiger partial charge in [0.15, 0.2) is 16.7 Å². The molecule has 0 bridgehead atoms. The van der Waals surface area contributed by atoms with E-state index >= 15 is 0 Å². The molecule has 1 N–H and O–H groups in total. The van der Waals surface area contributed by atoms with Crippen LogP contribution in [0.15, 0.2) is 29.4 Å². The van der Waals surface area contributed by atoms with Gasteiger partial charge in [0.1, 0.15) is 5.82 Å². The number of para-hydroxylation sites is 2. The number of methoxy groups -OCH3 is 1. The van der Waals surface area contributed by atoms with Crippen molar-refractivity contribution >= 4 is 11.8 Å². The molecule has 0 saturated carbocycles. The summed E-state index contributed by atoms with van der Waals surface area (Å²) in [6, 6.07) is 7.73. The number of benzene rings is 1. The fraction of sp³-hybridized carbons (Fsp3) is 0.556. The number of rotatable bonds is 8. The highest BCUT2D eigenvalue weighted by molar-refractivity contribution is 7.99. The third-order valence-electron chi connectivity index (χ3n) is 4.42. The van der Waals surface area contributed by atoms with Crippen LogP contribution in [0.5, 0.6) is 11.5 Å². The van der Waals surface area contributed by atoms with Crippen molar-refractivity contribution in [2.45, 2.75) is 30.3 Å². The SMILES string of the molecule is COc1ccccc1OCCCSc1nnc(C2CCNCC2)n1C. The predicted octanol–water partition coefficient (Wildman–Crippen LogP) is 2.85. The van der Waals surface area contributed by atoms with Gasteiger partial charge >= 0.3 is 0 Å². The van der Waals surface area contributed by atoms with Crippen LogP contribution >= 0.6 is 11.8 Å². The number of thioether (sulfide) groups is 1. The van der Waals surface area contributed by atoms with Crippen LogP contribution in [0.25, 0.3) is 0 Å². The van der Waals surface area contributed by atoms with Gasteiger partial charge in [0.25, 0.3) is 0 Å². The number of hydrogen-bond acceptors (Lipinski definition) is 6. The van der Waals surface area contributed by atoms with Crippen LogP contribution in [-0.4, -0.2) is 47.3 Å². The van der Waals surface area contributed by atoms with Gasteiger partial charge in [-0.15, -0.1) is 10.2 Å². The highest BCUT2D eigenvalue weighted by Crippen LogP contribution is 2.27. The summed E-state index contributed by atoms with van der Waals surface area (Å²) in [6.45, 7) is 2.80. The summed E-state index contributed by atoms with van der Waals surface area (Å²) in [5, 5.41) is 13.2. The zero-order valence-corrected chi connectivity index (χ0v) is 15.7. The maximum atomic E-state index is 5.81. The quantitative estimate of drug-likeness (QED) is 0.576. The molecule has 3 rings (SSSR count). The summed E-state index contributed by atoms with van der Waals surface area (Å²) in [4.78, 5) is 0. The smallest absolute Gasteiger partial charge is 0.190 e. The number of piperidine rings is 1. The number of nitrogens with zero attached hydrogens (tertiary/aromatic N) is 3. The summed E-state index contributed by atoms with van der Waals surface area (Å²) in [6.07, 6.45) is 3.23. The lowest BCUT2D eigenvalue weighted by Gasteiger charge is -2.21. The summed E-state index contributed by atoms with van der Waals surface area (Å²) >= 11 is 1.74. The Balaban J connectivity index is 1.44. The average Bonchev–Trinajstić information content (AvgIpc) is 3.03. The van der Waals surface area contributed by atoms with E-state index in [9.17, 15) is 0 Å². The van der Waals surface area contributed by atoms with Crippen molar-refractivity contribution in [3.63, 3.8) is 0 Å². The molecule has 1 saturated heterocycles. The summed E-state index contributed by atoms with van der Waals surface area (Å²) < 4.78 is 13.3. The molecular weight excluding hydrogens is 336 g/mol. The number of ether oxygens (including phenoxy) is 2. The van der Waals surface area contributed by atoms with E-state index < -0.39 is 0 Å². The number of nitrogens with one attached hydrogen (secondary N) is 1. The largest absolute Gasteiger partial charge is 0.493 e. The van der Waals surface area contributed by atoms with E-state index in [4.69, 9.17) is 9.47 Å². The molecular formula is C18H26N4O2S. The lowest BCUT2D eigenvalue weighted by molar-refractivity contribution is 0.295. The number of aromatic nitrogens is 3. The summed E-state index contributed by atoms with van der Waals surface area (Å²) in [7, 11) is 3.73. The fourth-order valence-corrected chi connectivity index (χ4v) is 3.86. The first kappa shape index (κ1) is 18.1. The molecule has 2 heterocycles. The van der Waals surface area contributed by atoms with Crippen LogP contribution in [0, 0.1) is 0 Å². The van der Waals surface area contributed by atoms with Crippen LogP contribution in [-0.2, 0) is 7.05 Å². The normalized spacial score (nSPS) is 15.3. The molecule has 25 heavy (non-hydrogen) atoms. The van der Waals surface area contributed by atoms with Gasteiger partial charge in [0.05, 0.1) is 13.7 Å². The topological polar surface area (TPSA) is 61.2 Å². The minimum atomic E-state index is 0.530. The molecule has 1 aliphatic heterocycles. The van der Waals surface area contributed by atoms with Crippen LogP contribution < -0.4 is 14.8 Å². The van der Waals surface area contributed by atoms with Gasteiger partial charge in [-0.2, -0.15) is 0 Å². The Bertz CT molecular complexity index is 671. The second kappa shape index (κ2) is 9.10. The maximum Gasteiger partial charge on any atom is 0.190 e. The van der Waals surface area contributed by atoms with Gasteiger partial charge < -0.3 is 19.4 Å². The van der Waals surface area contributed by atoms with E-state index in [1.807, 2.05) is 24.3 Å². The molecule has 0 amide bonds. The Hall–Kier alpha value is -1.73. The summed E-state index contributed by atoms with van der Waals surface area (Å²) in [5.41, 5.74) is 0. The van der Waals surface area contributed by atoms with Crippen molar-refractivity contribution in [3.8, 4) is 11.5 Å². The van der Waals surface area contributed by atoms with E-state index in [1.165, 1.54) is 0 Å². The van der Waals surface area contributed by atoms with Crippen molar-refractivity contribution in [3.05, 3.63) is 30.1 Å². The summed E-state index contributed by atoms with van der Waals surface area (Å²) in [5.74, 6) is 4.17. The van der Waals surface area contributed by atoms with Crippen LogP contribution in [0.4, 0.5) is 0 Å². The molecule has 0 atom stereocenters. The molecule has 0 radical (unpaired) electrons. The Morgan fingerprint density at radius 2 is 1.96 bits per heavy atom. The molecule has 1 aromatic heterocycles. The van der Waals surface area contributed by atoms with E-state index in [2.05, 4.69) is 27.1 Å². The van der Waals surface area contributed by atoms with E-state index in [-0.39, 0.29) is 0 Å². The Kier molecular flexibility index (Phi) is 6.58. The van der Waals surface area contributed by atoms with Gasteiger partial charge in [0.2, 0.25) is 0 Å². The van der Waals surface area contributed by atoms with Crippen molar-refractivity contribution < 1.29 is 9.47 Å². The van der Waals surface area contributed by atoms with Crippen LogP contribution in [0.2, 0.25) is 0 Å². The first-order valence-electron chi connectivity index (χ1n) is 8.78. The van der Waals surface area contributed by atoms with Crippen LogP contribution in [0.1, 0.15) is 31.0 Å². The van der Waals surface area contributed by atoms with Gasteiger partial charge in [0, 0.05) is 18.7 Å². The van der Waals surface area contributed by atoms with Gasteiger partial charge in [-0.25, -0.2) is 0 Å². The molecule has 7 heteroatoms. The van der Waals surface area contributed by atoms with Crippen molar-refractivity contribution in [2.24, 2.45) is 7.05 Å². The van der Waals surface area contributed by atoms with Crippen molar-refractivity contribution in [2.75, 3.05) is 32.6 Å². The number of hydrogen-bond donors (Lipinski definition) is 1. The lowest BCUT2D eigenvalue weighted by atomic mass is 9.97. The average molecular weight is 362 g/mol. The highest BCUT2D eigenvalue weighted by Gasteiger charge is 2.21. The van der Waals surface area contributed by atoms with Crippen molar-refractivity contribution in [1.82, 2.24) is 20.1 Å². The zero-order valence-electron chi connectivity index (χ0n) is 14.9. The third kappa shape index (κ3) is 4.67. The standard InChI is InChI=1S/C18H26N4O2S/c1-22-17(14-8-10-19-11-9-14)20-21-18(22)25-13-5-12-24-16-7-4-3-6-15(16)23-2/h3-4,6-7,14,19H,5,8-13H2,1-2H3. The molecule has 1 aromatic carbocycles. The Morgan fingerprint density at radius 1 is 1.20 bits per heavy atom. The van der Waals surface area contributed by atoms with E-state index in [1.54, 1.807) is 18.9 Å². The maximum absolute atomic E-state index is 5.81. The van der Waals surface area contributed by atoms with Gasteiger partial charge in [-0.05, 0) is 44.5 Å². The van der Waals surface area contributed by atoms with E-state index in [0.717, 1.165) is 60.6 Å². The molecule has 1 fully saturated rings. The van der Waals surface area contributed by atoms with Crippen molar-refractivity contribution in [1.29, 1.82) is 0 Å². The molecule has 136 valence electrons. The second-order valence-corrected chi connectivity index (χ2v) is 7.19. The lowest BCUT2D eigenvalue weighted by Crippen LogP contribution is -2.27. The van der Waals surface area contributed by atoms with Crippen LogP contribution in [0.3, 0.4) is 0 Å². The molecule has 6 nitrogen and oxygen atoms in total. The minimum absolute atomic E-state index is 0.530. The molecule has 1 aliphatic rings. The Morgan fingerprint density at radius 3 is 2.72 bits per heavy atom. The van der Waals surface area contributed by atoms with Gasteiger partial charge in [-0.1, -0.05) is 23.9 Å². The monoisotopic (exact) mass is 362 g/mol. The van der Waals surface area contributed by atoms with Gasteiger partial charge in [-0.3, -0.25) is 0 Å². The third-order valence-corrected chi connectivity index (χ3v) is 5.53. The zero-order chi connectivity index (χ0) is 17.5. The van der Waals surface area contributed by atoms with E-state index in [0.29, 0.717) is 12.5 Å². The molecule has 2 aromatic rings. The first-order chi connectivity index (χ1) is 12.3. The fourth-order valence-electron chi connectivity index (χ4n) is 3.03. The highest BCUT2D eigenvalue weighted by atomic mass is 32.2. The molecule has 0 spiro atoms. The minimum Gasteiger partial charge on any atom is -0.493 e. The second-order valence-electron chi connectivity index (χ2n) is 6.13. The Labute approximate surface area is 153 Å². The first-order valence-corrected chi connectivity index (χ1v) is 9.76. The predicted molar refractivity (Wildman–Crippen MR) is 99.7 cm³/mol. The molecule has 0 aliphatic carbocycles. The molecule has 0 unspecified atom stereocenters.